The molecule has 2 aromatic rings. The van der Waals surface area contributed by atoms with Gasteiger partial charge in [-0.1, -0.05) is 11.8 Å². The third kappa shape index (κ3) is 4.16. The van der Waals surface area contributed by atoms with E-state index in [9.17, 15) is 4.79 Å². The largest absolute Gasteiger partial charge is 0.320 e. The SMILES string of the molecule is Cc1cc(C)n(CC(=O)Nc2cc(C#CCN)ccn2)n1. The quantitative estimate of drug-likeness (QED) is 0.817. The van der Waals surface area contributed by atoms with E-state index in [-0.39, 0.29) is 12.5 Å². The molecule has 0 aromatic carbocycles. The molecule has 21 heavy (non-hydrogen) atoms. The van der Waals surface area contributed by atoms with Crippen molar-refractivity contribution in [2.45, 2.75) is 20.4 Å². The highest BCUT2D eigenvalue weighted by molar-refractivity contribution is 5.89. The second kappa shape index (κ2) is 6.68. The molecule has 2 aromatic heterocycles. The molecule has 0 fully saturated rings. The van der Waals surface area contributed by atoms with E-state index in [1.165, 1.54) is 0 Å². The van der Waals surface area contributed by atoms with Crippen molar-refractivity contribution in [2.75, 3.05) is 11.9 Å². The first-order valence-electron chi connectivity index (χ1n) is 6.54. The maximum absolute atomic E-state index is 12.0. The number of aromatic nitrogens is 3. The molecule has 0 saturated carbocycles. The topological polar surface area (TPSA) is 85.8 Å². The molecule has 0 bridgehead atoms. The first kappa shape index (κ1) is 14.8. The Morgan fingerprint density at radius 3 is 2.90 bits per heavy atom. The van der Waals surface area contributed by atoms with Crippen molar-refractivity contribution in [1.82, 2.24) is 14.8 Å². The average Bonchev–Trinajstić information content (AvgIpc) is 2.75. The minimum absolute atomic E-state index is 0.153. The van der Waals surface area contributed by atoms with Crippen molar-refractivity contribution in [3.8, 4) is 11.8 Å². The predicted octanol–water partition coefficient (Wildman–Crippen LogP) is 0.844. The Kier molecular flexibility index (Phi) is 4.69. The van der Waals surface area contributed by atoms with Crippen LogP contribution < -0.4 is 11.1 Å². The summed E-state index contributed by atoms with van der Waals surface area (Å²) in [6, 6.07) is 5.40. The van der Waals surface area contributed by atoms with E-state index in [0.717, 1.165) is 17.0 Å². The standard InChI is InChI=1S/C15H17N5O/c1-11-8-12(2)20(19-11)10-15(21)18-14-9-13(4-3-6-16)5-7-17-14/h5,7-9H,6,10,16H2,1-2H3,(H,17,18,21). The zero-order valence-electron chi connectivity index (χ0n) is 12.1. The molecular weight excluding hydrogens is 266 g/mol. The number of nitrogens with one attached hydrogen (secondary N) is 1. The third-order valence-corrected chi connectivity index (χ3v) is 2.76. The van der Waals surface area contributed by atoms with Crippen LogP contribution in [0, 0.1) is 25.7 Å². The number of anilines is 1. The van der Waals surface area contributed by atoms with E-state index in [2.05, 4.69) is 27.2 Å². The summed E-state index contributed by atoms with van der Waals surface area (Å²) in [5.74, 6) is 5.94. The van der Waals surface area contributed by atoms with E-state index in [1.807, 2.05) is 19.9 Å². The second-order valence-corrected chi connectivity index (χ2v) is 4.57. The molecule has 108 valence electrons. The van der Waals surface area contributed by atoms with Crippen LogP contribution in [0.25, 0.3) is 0 Å². The van der Waals surface area contributed by atoms with Crippen LogP contribution in [-0.2, 0) is 11.3 Å². The highest BCUT2D eigenvalue weighted by atomic mass is 16.2. The summed E-state index contributed by atoms with van der Waals surface area (Å²) in [5, 5.41) is 6.98. The Morgan fingerprint density at radius 2 is 2.24 bits per heavy atom. The number of carbonyl (C=O) groups excluding carboxylic acids is 1. The Hall–Kier alpha value is -2.65. The molecule has 0 radical (unpaired) electrons. The number of hydrogen-bond acceptors (Lipinski definition) is 4. The molecular formula is C15H17N5O. The van der Waals surface area contributed by atoms with Gasteiger partial charge < -0.3 is 11.1 Å². The normalized spacial score (nSPS) is 9.86. The summed E-state index contributed by atoms with van der Waals surface area (Å²) in [6.07, 6.45) is 1.60. The van der Waals surface area contributed by atoms with Gasteiger partial charge in [0, 0.05) is 17.5 Å². The number of hydrogen-bond donors (Lipinski definition) is 2. The Morgan fingerprint density at radius 1 is 1.43 bits per heavy atom. The second-order valence-electron chi connectivity index (χ2n) is 4.57. The van der Waals surface area contributed by atoms with Crippen molar-refractivity contribution in [3.63, 3.8) is 0 Å². The highest BCUT2D eigenvalue weighted by Gasteiger charge is 2.08. The maximum Gasteiger partial charge on any atom is 0.247 e. The molecule has 6 nitrogen and oxygen atoms in total. The highest BCUT2D eigenvalue weighted by Crippen LogP contribution is 2.07. The fraction of sp³-hybridized carbons (Fsp3) is 0.267. The van der Waals surface area contributed by atoms with Gasteiger partial charge in [0.2, 0.25) is 5.91 Å². The van der Waals surface area contributed by atoms with Crippen molar-refractivity contribution < 1.29 is 4.79 Å². The molecule has 1 amide bonds. The lowest BCUT2D eigenvalue weighted by Crippen LogP contribution is -2.20. The van der Waals surface area contributed by atoms with Crippen LogP contribution in [-0.4, -0.2) is 27.2 Å². The van der Waals surface area contributed by atoms with Gasteiger partial charge in [0.15, 0.2) is 0 Å². The minimum Gasteiger partial charge on any atom is -0.320 e. The van der Waals surface area contributed by atoms with Gasteiger partial charge in [-0.25, -0.2) is 4.98 Å². The van der Waals surface area contributed by atoms with E-state index < -0.39 is 0 Å². The van der Waals surface area contributed by atoms with E-state index >= 15 is 0 Å². The van der Waals surface area contributed by atoms with E-state index in [0.29, 0.717) is 12.4 Å². The van der Waals surface area contributed by atoms with E-state index in [4.69, 9.17) is 5.73 Å². The number of nitrogens with zero attached hydrogens (tertiary/aromatic N) is 3. The molecule has 0 saturated heterocycles. The molecule has 2 rings (SSSR count). The van der Waals surface area contributed by atoms with Crippen molar-refractivity contribution in [2.24, 2.45) is 5.73 Å². The van der Waals surface area contributed by atoms with Gasteiger partial charge in [-0.15, -0.1) is 0 Å². The number of rotatable bonds is 3. The Labute approximate surface area is 123 Å². The summed E-state index contributed by atoms with van der Waals surface area (Å²) >= 11 is 0. The first-order chi connectivity index (χ1) is 10.1. The molecule has 2 heterocycles. The van der Waals surface area contributed by atoms with Gasteiger partial charge in [0.05, 0.1) is 12.2 Å². The lowest BCUT2D eigenvalue weighted by molar-refractivity contribution is -0.117. The van der Waals surface area contributed by atoms with Gasteiger partial charge in [-0.05, 0) is 32.0 Å². The zero-order valence-corrected chi connectivity index (χ0v) is 12.1. The lowest BCUT2D eigenvalue weighted by atomic mass is 10.2. The molecule has 0 unspecified atom stereocenters. The molecule has 0 aliphatic heterocycles. The molecule has 6 heteroatoms. The number of nitrogens with two attached hydrogens (primary N) is 1. The minimum atomic E-state index is -0.183. The predicted molar refractivity (Wildman–Crippen MR) is 80.5 cm³/mol. The van der Waals surface area contributed by atoms with Gasteiger partial charge in [-0.2, -0.15) is 5.10 Å². The van der Waals surface area contributed by atoms with Crippen molar-refractivity contribution in [3.05, 3.63) is 41.3 Å². The molecule has 0 spiro atoms. The van der Waals surface area contributed by atoms with Crippen LogP contribution in [0.1, 0.15) is 17.0 Å². The number of pyridine rings is 1. The van der Waals surface area contributed by atoms with Crippen molar-refractivity contribution >= 4 is 11.7 Å². The average molecular weight is 283 g/mol. The van der Waals surface area contributed by atoms with Crippen LogP contribution in [0.5, 0.6) is 0 Å². The molecule has 0 aliphatic rings. The zero-order chi connectivity index (χ0) is 15.2. The Balaban J connectivity index is 2.04. The lowest BCUT2D eigenvalue weighted by Gasteiger charge is -2.06. The molecule has 0 atom stereocenters. The Bertz CT molecular complexity index is 708. The number of aryl methyl sites for hydroxylation is 2. The number of amides is 1. The fourth-order valence-corrected chi connectivity index (χ4v) is 1.88. The van der Waals surface area contributed by atoms with Gasteiger partial charge in [0.25, 0.3) is 0 Å². The smallest absolute Gasteiger partial charge is 0.247 e. The van der Waals surface area contributed by atoms with Crippen LogP contribution in [0.4, 0.5) is 5.82 Å². The first-order valence-corrected chi connectivity index (χ1v) is 6.54. The number of carbonyl (C=O) groups is 1. The maximum atomic E-state index is 12.0. The molecule has 0 aliphatic carbocycles. The fourth-order valence-electron chi connectivity index (χ4n) is 1.88. The van der Waals surface area contributed by atoms with Gasteiger partial charge in [-0.3, -0.25) is 9.48 Å². The van der Waals surface area contributed by atoms with Gasteiger partial charge >= 0.3 is 0 Å². The summed E-state index contributed by atoms with van der Waals surface area (Å²) in [7, 11) is 0. The van der Waals surface area contributed by atoms with Crippen LogP contribution in [0.2, 0.25) is 0 Å². The summed E-state index contributed by atoms with van der Waals surface area (Å²) in [4.78, 5) is 16.1. The van der Waals surface area contributed by atoms with E-state index in [1.54, 1.807) is 23.0 Å². The third-order valence-electron chi connectivity index (χ3n) is 2.76. The monoisotopic (exact) mass is 283 g/mol. The van der Waals surface area contributed by atoms with Gasteiger partial charge in [0.1, 0.15) is 12.4 Å². The van der Waals surface area contributed by atoms with Crippen LogP contribution >= 0.6 is 0 Å². The molecule has 3 N–H and O–H groups in total. The van der Waals surface area contributed by atoms with Crippen LogP contribution in [0.15, 0.2) is 24.4 Å². The summed E-state index contributed by atoms with van der Waals surface area (Å²) in [5.41, 5.74) is 7.92. The van der Waals surface area contributed by atoms with Crippen LogP contribution in [0.3, 0.4) is 0 Å². The summed E-state index contributed by atoms with van der Waals surface area (Å²) < 4.78 is 1.66. The summed E-state index contributed by atoms with van der Waals surface area (Å²) in [6.45, 7) is 4.25. The van der Waals surface area contributed by atoms with Crippen molar-refractivity contribution in [1.29, 1.82) is 0 Å².